The van der Waals surface area contributed by atoms with Crippen LogP contribution in [0.3, 0.4) is 0 Å². The summed E-state index contributed by atoms with van der Waals surface area (Å²) in [6, 6.07) is 9.95. The number of fused-ring (bicyclic) bond motifs is 1. The van der Waals surface area contributed by atoms with Crippen molar-refractivity contribution in [2.24, 2.45) is 0 Å². The number of hydrogen-bond donors (Lipinski definition) is 1. The number of piperidine rings is 1. The normalized spacial score (nSPS) is 17.4. The number of anilines is 1. The van der Waals surface area contributed by atoms with Crippen molar-refractivity contribution in [3.8, 4) is 0 Å². The minimum atomic E-state index is -0.292. The summed E-state index contributed by atoms with van der Waals surface area (Å²) in [5, 5.41) is 7.44. The number of aromatic nitrogens is 3. The maximum Gasteiger partial charge on any atom is 0.224 e. The Morgan fingerprint density at radius 1 is 1.19 bits per heavy atom. The van der Waals surface area contributed by atoms with Crippen LogP contribution in [0.15, 0.2) is 48.8 Å². The summed E-state index contributed by atoms with van der Waals surface area (Å²) in [5.41, 5.74) is 1.62. The SMILES string of the molecule is O=C(Cc1ccc(F)cc1)NC1CCCN(c2ccnc3ccnn23)C1. The van der Waals surface area contributed by atoms with Gasteiger partial charge in [-0.05, 0) is 36.6 Å². The number of amides is 1. The number of halogens is 1. The summed E-state index contributed by atoms with van der Waals surface area (Å²) in [7, 11) is 0. The maximum atomic E-state index is 13.0. The smallest absolute Gasteiger partial charge is 0.224 e. The lowest BCUT2D eigenvalue weighted by Crippen LogP contribution is -2.48. The van der Waals surface area contributed by atoms with E-state index in [-0.39, 0.29) is 24.2 Å². The fourth-order valence-electron chi connectivity index (χ4n) is 3.43. The second-order valence-electron chi connectivity index (χ2n) is 6.56. The molecule has 2 aromatic heterocycles. The molecule has 0 aliphatic carbocycles. The van der Waals surface area contributed by atoms with Crippen molar-refractivity contribution in [3.05, 3.63) is 60.2 Å². The average molecular weight is 353 g/mol. The van der Waals surface area contributed by atoms with E-state index in [0.717, 1.165) is 43.0 Å². The third-order valence-electron chi connectivity index (χ3n) is 4.66. The fourth-order valence-corrected chi connectivity index (χ4v) is 3.43. The van der Waals surface area contributed by atoms with Crippen LogP contribution in [0, 0.1) is 5.82 Å². The highest BCUT2D eigenvalue weighted by Crippen LogP contribution is 2.20. The van der Waals surface area contributed by atoms with Gasteiger partial charge in [0.05, 0.1) is 12.6 Å². The second kappa shape index (κ2) is 7.11. The quantitative estimate of drug-likeness (QED) is 0.781. The minimum absolute atomic E-state index is 0.0394. The Labute approximate surface area is 150 Å². The number of carbonyl (C=O) groups excluding carboxylic acids is 1. The van der Waals surface area contributed by atoms with E-state index >= 15 is 0 Å². The largest absolute Gasteiger partial charge is 0.354 e. The minimum Gasteiger partial charge on any atom is -0.354 e. The van der Waals surface area contributed by atoms with Crippen molar-refractivity contribution in [2.45, 2.75) is 25.3 Å². The molecule has 1 N–H and O–H groups in total. The molecule has 7 heteroatoms. The van der Waals surface area contributed by atoms with Gasteiger partial charge in [-0.25, -0.2) is 9.37 Å². The number of carbonyl (C=O) groups is 1. The number of nitrogens with zero attached hydrogens (tertiary/aromatic N) is 4. The van der Waals surface area contributed by atoms with Crippen molar-refractivity contribution < 1.29 is 9.18 Å². The molecule has 1 unspecified atom stereocenters. The Kier molecular flexibility index (Phi) is 4.51. The Bertz CT molecular complexity index is 908. The molecule has 0 spiro atoms. The van der Waals surface area contributed by atoms with Crippen LogP contribution in [0.25, 0.3) is 5.65 Å². The molecular formula is C19H20FN5O. The molecular weight excluding hydrogens is 333 g/mol. The van der Waals surface area contributed by atoms with Gasteiger partial charge in [-0.2, -0.15) is 9.61 Å². The van der Waals surface area contributed by atoms with Crippen LogP contribution in [0.5, 0.6) is 0 Å². The van der Waals surface area contributed by atoms with Gasteiger partial charge in [0.1, 0.15) is 11.6 Å². The summed E-state index contributed by atoms with van der Waals surface area (Å²) in [5.74, 6) is 0.652. The number of rotatable bonds is 4. The van der Waals surface area contributed by atoms with E-state index in [0.29, 0.717) is 0 Å². The number of benzene rings is 1. The second-order valence-corrected chi connectivity index (χ2v) is 6.56. The maximum absolute atomic E-state index is 13.0. The van der Waals surface area contributed by atoms with Gasteiger partial charge in [0.25, 0.3) is 0 Å². The summed E-state index contributed by atoms with van der Waals surface area (Å²) in [4.78, 5) is 18.9. The van der Waals surface area contributed by atoms with Gasteiger partial charge in [0, 0.05) is 31.4 Å². The monoisotopic (exact) mass is 353 g/mol. The van der Waals surface area contributed by atoms with Gasteiger partial charge in [0.15, 0.2) is 5.65 Å². The molecule has 1 aliphatic rings. The highest BCUT2D eigenvalue weighted by atomic mass is 19.1. The molecule has 4 rings (SSSR count). The third-order valence-corrected chi connectivity index (χ3v) is 4.66. The predicted octanol–water partition coefficient (Wildman–Crippen LogP) is 2.20. The highest BCUT2D eigenvalue weighted by Gasteiger charge is 2.23. The lowest BCUT2D eigenvalue weighted by Gasteiger charge is -2.34. The van der Waals surface area contributed by atoms with E-state index in [1.165, 1.54) is 12.1 Å². The van der Waals surface area contributed by atoms with Gasteiger partial charge < -0.3 is 10.2 Å². The molecule has 1 amide bonds. The molecule has 134 valence electrons. The Balaban J connectivity index is 1.41. The first-order chi connectivity index (χ1) is 12.7. The molecule has 3 aromatic rings. The van der Waals surface area contributed by atoms with Crippen molar-refractivity contribution in [1.82, 2.24) is 19.9 Å². The van der Waals surface area contributed by atoms with Crippen molar-refractivity contribution in [3.63, 3.8) is 0 Å². The molecule has 0 saturated carbocycles. The standard InChI is InChI=1S/C19H20FN5O/c20-15-5-3-14(4-6-15)12-18(26)23-16-2-1-11-24(13-16)19-8-9-21-17-7-10-22-25(17)19/h3-10,16H,1-2,11-13H2,(H,23,26). The van der Waals surface area contributed by atoms with Crippen LogP contribution in [0.1, 0.15) is 18.4 Å². The zero-order valence-corrected chi connectivity index (χ0v) is 14.3. The summed E-state index contributed by atoms with van der Waals surface area (Å²) in [6.45, 7) is 1.65. The van der Waals surface area contributed by atoms with E-state index in [2.05, 4.69) is 20.3 Å². The first-order valence-electron chi connectivity index (χ1n) is 8.76. The molecule has 0 bridgehead atoms. The van der Waals surface area contributed by atoms with Gasteiger partial charge in [-0.15, -0.1) is 0 Å². The van der Waals surface area contributed by atoms with Crippen molar-refractivity contribution in [2.75, 3.05) is 18.0 Å². The van der Waals surface area contributed by atoms with Crippen molar-refractivity contribution >= 4 is 17.4 Å². The first-order valence-corrected chi connectivity index (χ1v) is 8.76. The van der Waals surface area contributed by atoms with Crippen LogP contribution in [0.4, 0.5) is 10.2 Å². The zero-order chi connectivity index (χ0) is 17.9. The van der Waals surface area contributed by atoms with E-state index in [9.17, 15) is 9.18 Å². The Hall–Kier alpha value is -2.96. The molecule has 0 radical (unpaired) electrons. The molecule has 1 fully saturated rings. The molecule has 3 heterocycles. The Morgan fingerprint density at radius 3 is 2.88 bits per heavy atom. The van der Waals surface area contributed by atoms with Crippen LogP contribution in [0.2, 0.25) is 0 Å². The van der Waals surface area contributed by atoms with Crippen molar-refractivity contribution in [1.29, 1.82) is 0 Å². The molecule has 26 heavy (non-hydrogen) atoms. The summed E-state index contributed by atoms with van der Waals surface area (Å²) in [6.07, 6.45) is 5.71. The van der Waals surface area contributed by atoms with Gasteiger partial charge in [0.2, 0.25) is 5.91 Å². The third kappa shape index (κ3) is 3.51. The molecule has 1 aromatic carbocycles. The van der Waals surface area contributed by atoms with Crippen LogP contribution >= 0.6 is 0 Å². The zero-order valence-electron chi connectivity index (χ0n) is 14.3. The van der Waals surface area contributed by atoms with Crippen LogP contribution in [-0.2, 0) is 11.2 Å². The van der Waals surface area contributed by atoms with E-state index in [4.69, 9.17) is 0 Å². The fraction of sp³-hybridized carbons (Fsp3) is 0.316. The summed E-state index contributed by atoms with van der Waals surface area (Å²) >= 11 is 0. The molecule has 1 aliphatic heterocycles. The number of nitrogens with one attached hydrogen (secondary N) is 1. The van der Waals surface area contributed by atoms with Gasteiger partial charge >= 0.3 is 0 Å². The lowest BCUT2D eigenvalue weighted by atomic mass is 10.0. The lowest BCUT2D eigenvalue weighted by molar-refractivity contribution is -0.121. The average Bonchev–Trinajstić information content (AvgIpc) is 3.12. The van der Waals surface area contributed by atoms with Crippen LogP contribution < -0.4 is 10.2 Å². The Morgan fingerprint density at radius 2 is 2.04 bits per heavy atom. The first kappa shape index (κ1) is 16.5. The van der Waals surface area contributed by atoms with E-state index < -0.39 is 0 Å². The van der Waals surface area contributed by atoms with Gasteiger partial charge in [-0.3, -0.25) is 4.79 Å². The number of hydrogen-bond acceptors (Lipinski definition) is 4. The molecule has 1 atom stereocenters. The van der Waals surface area contributed by atoms with E-state index in [1.807, 2.05) is 16.6 Å². The van der Waals surface area contributed by atoms with E-state index in [1.54, 1.807) is 24.5 Å². The van der Waals surface area contributed by atoms with Gasteiger partial charge in [-0.1, -0.05) is 12.1 Å². The van der Waals surface area contributed by atoms with Crippen LogP contribution in [-0.4, -0.2) is 39.6 Å². The predicted molar refractivity (Wildman–Crippen MR) is 96.5 cm³/mol. The topological polar surface area (TPSA) is 62.5 Å². The summed E-state index contributed by atoms with van der Waals surface area (Å²) < 4.78 is 14.8. The molecule has 6 nitrogen and oxygen atoms in total. The highest BCUT2D eigenvalue weighted by molar-refractivity contribution is 5.79. The molecule has 1 saturated heterocycles.